The summed E-state index contributed by atoms with van der Waals surface area (Å²) >= 11 is 0. The number of aryl methyl sites for hydroxylation is 2. The maximum absolute atomic E-state index is 13.6. The molecule has 0 aliphatic heterocycles. The zero-order valence-corrected chi connectivity index (χ0v) is 14.4. The van der Waals surface area contributed by atoms with Crippen molar-refractivity contribution in [3.8, 4) is 0 Å². The highest BCUT2D eigenvalue weighted by molar-refractivity contribution is 5.79. The van der Waals surface area contributed by atoms with Crippen LogP contribution in [-0.2, 0) is 25.9 Å². The summed E-state index contributed by atoms with van der Waals surface area (Å²) in [5.41, 5.74) is 2.32. The largest absolute Gasteiger partial charge is 0.361 e. The molecule has 0 saturated carbocycles. The number of guanidine groups is 1. The smallest absolute Gasteiger partial charge is 0.191 e. The van der Waals surface area contributed by atoms with Crippen LogP contribution in [0.2, 0.25) is 0 Å². The molecule has 0 spiro atoms. The van der Waals surface area contributed by atoms with Gasteiger partial charge in [0, 0.05) is 24.7 Å². The summed E-state index contributed by atoms with van der Waals surface area (Å²) in [7, 11) is 0. The number of hydrogen-bond donors (Lipinski definition) is 2. The Bertz CT molecular complexity index is 662. The van der Waals surface area contributed by atoms with Crippen LogP contribution in [0.5, 0.6) is 0 Å². The van der Waals surface area contributed by atoms with Gasteiger partial charge < -0.3 is 15.2 Å². The molecule has 0 saturated heterocycles. The van der Waals surface area contributed by atoms with E-state index in [1.54, 1.807) is 12.3 Å². The van der Waals surface area contributed by atoms with E-state index in [-0.39, 0.29) is 12.4 Å². The SMILES string of the molecule is CCNC(=NCc1c(CC)noc1CC)NCc1ncccc1F. The molecule has 24 heavy (non-hydrogen) atoms. The molecule has 2 rings (SSSR count). The lowest BCUT2D eigenvalue weighted by molar-refractivity contribution is 0.380. The quantitative estimate of drug-likeness (QED) is 0.602. The summed E-state index contributed by atoms with van der Waals surface area (Å²) in [6, 6.07) is 2.97. The summed E-state index contributed by atoms with van der Waals surface area (Å²) in [6.45, 7) is 7.49. The van der Waals surface area contributed by atoms with Gasteiger partial charge in [0.15, 0.2) is 5.96 Å². The molecule has 0 aromatic carbocycles. The average Bonchev–Trinajstić information content (AvgIpc) is 3.00. The number of aromatic nitrogens is 2. The highest BCUT2D eigenvalue weighted by atomic mass is 19.1. The van der Waals surface area contributed by atoms with Crippen molar-refractivity contribution < 1.29 is 8.91 Å². The summed E-state index contributed by atoms with van der Waals surface area (Å²) < 4.78 is 19.0. The first-order valence-electron chi connectivity index (χ1n) is 8.27. The molecular weight excluding hydrogens is 309 g/mol. The maximum atomic E-state index is 13.6. The third-order valence-electron chi connectivity index (χ3n) is 3.60. The van der Waals surface area contributed by atoms with Crippen LogP contribution < -0.4 is 10.6 Å². The molecule has 2 aromatic heterocycles. The Hall–Kier alpha value is -2.44. The highest BCUT2D eigenvalue weighted by Gasteiger charge is 2.13. The monoisotopic (exact) mass is 333 g/mol. The van der Waals surface area contributed by atoms with E-state index in [9.17, 15) is 4.39 Å². The number of rotatable bonds is 7. The van der Waals surface area contributed by atoms with E-state index in [4.69, 9.17) is 4.52 Å². The minimum absolute atomic E-state index is 0.267. The van der Waals surface area contributed by atoms with Crippen LogP contribution in [0.4, 0.5) is 4.39 Å². The van der Waals surface area contributed by atoms with Crippen molar-refractivity contribution in [3.05, 3.63) is 46.9 Å². The third-order valence-corrected chi connectivity index (χ3v) is 3.60. The van der Waals surface area contributed by atoms with E-state index in [0.29, 0.717) is 24.7 Å². The molecule has 0 atom stereocenters. The predicted octanol–water partition coefficient (Wildman–Crippen LogP) is 2.59. The van der Waals surface area contributed by atoms with Gasteiger partial charge in [0.05, 0.1) is 24.5 Å². The Morgan fingerprint density at radius 1 is 1.21 bits per heavy atom. The Morgan fingerprint density at radius 2 is 2.04 bits per heavy atom. The Morgan fingerprint density at radius 3 is 2.71 bits per heavy atom. The molecule has 7 heteroatoms. The second kappa shape index (κ2) is 9.00. The summed E-state index contributed by atoms with van der Waals surface area (Å²) in [5, 5.41) is 10.3. The van der Waals surface area contributed by atoms with Gasteiger partial charge in [0.25, 0.3) is 0 Å². The molecule has 0 unspecified atom stereocenters. The minimum atomic E-state index is -0.332. The van der Waals surface area contributed by atoms with Crippen molar-refractivity contribution in [2.24, 2.45) is 4.99 Å². The van der Waals surface area contributed by atoms with E-state index < -0.39 is 0 Å². The Labute approximate surface area is 141 Å². The molecule has 2 N–H and O–H groups in total. The number of hydrogen-bond acceptors (Lipinski definition) is 4. The van der Waals surface area contributed by atoms with Crippen LogP contribution in [-0.4, -0.2) is 22.6 Å². The van der Waals surface area contributed by atoms with Crippen molar-refractivity contribution in [1.82, 2.24) is 20.8 Å². The van der Waals surface area contributed by atoms with E-state index >= 15 is 0 Å². The number of pyridine rings is 1. The summed E-state index contributed by atoms with van der Waals surface area (Å²) in [4.78, 5) is 8.59. The van der Waals surface area contributed by atoms with Crippen molar-refractivity contribution in [1.29, 1.82) is 0 Å². The molecule has 0 fully saturated rings. The molecular formula is C17H24FN5O. The van der Waals surface area contributed by atoms with Gasteiger partial charge in [-0.05, 0) is 25.5 Å². The number of nitrogens with one attached hydrogen (secondary N) is 2. The van der Waals surface area contributed by atoms with E-state index in [2.05, 4.69) is 25.8 Å². The fraction of sp³-hybridized carbons (Fsp3) is 0.471. The van der Waals surface area contributed by atoms with Crippen LogP contribution in [0.25, 0.3) is 0 Å². The number of aliphatic imine (C=N–C) groups is 1. The minimum Gasteiger partial charge on any atom is -0.361 e. The van der Waals surface area contributed by atoms with Crippen molar-refractivity contribution in [3.63, 3.8) is 0 Å². The van der Waals surface area contributed by atoms with E-state index in [1.165, 1.54) is 6.07 Å². The lowest BCUT2D eigenvalue weighted by atomic mass is 10.1. The van der Waals surface area contributed by atoms with Gasteiger partial charge in [0.1, 0.15) is 11.6 Å². The van der Waals surface area contributed by atoms with Gasteiger partial charge in [-0.3, -0.25) is 4.98 Å². The molecule has 0 bridgehead atoms. The third kappa shape index (κ3) is 4.53. The molecule has 130 valence electrons. The molecule has 0 radical (unpaired) electrons. The number of halogens is 1. The van der Waals surface area contributed by atoms with Gasteiger partial charge in [-0.25, -0.2) is 9.38 Å². The van der Waals surface area contributed by atoms with Gasteiger partial charge in [0.2, 0.25) is 0 Å². The number of nitrogens with zero attached hydrogens (tertiary/aromatic N) is 3. The molecule has 0 aliphatic rings. The van der Waals surface area contributed by atoms with Gasteiger partial charge >= 0.3 is 0 Å². The first kappa shape index (κ1) is 17.9. The first-order chi connectivity index (χ1) is 11.7. The highest BCUT2D eigenvalue weighted by Crippen LogP contribution is 2.16. The van der Waals surface area contributed by atoms with E-state index in [1.807, 2.05) is 20.8 Å². The molecule has 6 nitrogen and oxygen atoms in total. The van der Waals surface area contributed by atoms with Crippen LogP contribution in [0.3, 0.4) is 0 Å². The molecule has 2 heterocycles. The summed E-state index contributed by atoms with van der Waals surface area (Å²) in [5.74, 6) is 1.14. The Balaban J connectivity index is 2.08. The lowest BCUT2D eigenvalue weighted by Gasteiger charge is -2.11. The van der Waals surface area contributed by atoms with Crippen LogP contribution in [0, 0.1) is 5.82 Å². The zero-order valence-electron chi connectivity index (χ0n) is 14.4. The first-order valence-corrected chi connectivity index (χ1v) is 8.27. The molecule has 0 amide bonds. The van der Waals surface area contributed by atoms with E-state index in [0.717, 1.165) is 29.9 Å². The van der Waals surface area contributed by atoms with Crippen molar-refractivity contribution >= 4 is 5.96 Å². The standard InChI is InChI=1S/C17H24FN5O/c1-4-14-12(16(5-2)24-23-14)10-21-17(19-6-3)22-11-15-13(18)8-7-9-20-15/h7-9H,4-6,10-11H2,1-3H3,(H2,19,21,22). The zero-order chi connectivity index (χ0) is 17.4. The molecule has 2 aromatic rings. The second-order valence-electron chi connectivity index (χ2n) is 5.22. The Kier molecular flexibility index (Phi) is 6.72. The normalized spacial score (nSPS) is 11.6. The van der Waals surface area contributed by atoms with Crippen LogP contribution in [0.1, 0.15) is 43.5 Å². The summed E-state index contributed by atoms with van der Waals surface area (Å²) in [6.07, 6.45) is 3.15. The van der Waals surface area contributed by atoms with Gasteiger partial charge in [-0.1, -0.05) is 19.0 Å². The van der Waals surface area contributed by atoms with Crippen molar-refractivity contribution in [2.45, 2.75) is 46.7 Å². The topological polar surface area (TPSA) is 75.3 Å². The average molecular weight is 333 g/mol. The van der Waals surface area contributed by atoms with Crippen LogP contribution in [0.15, 0.2) is 27.8 Å². The maximum Gasteiger partial charge on any atom is 0.191 e. The van der Waals surface area contributed by atoms with Gasteiger partial charge in [-0.2, -0.15) is 0 Å². The predicted molar refractivity (Wildman–Crippen MR) is 91.1 cm³/mol. The van der Waals surface area contributed by atoms with Crippen molar-refractivity contribution in [2.75, 3.05) is 6.54 Å². The fourth-order valence-corrected chi connectivity index (χ4v) is 2.33. The van der Waals surface area contributed by atoms with Gasteiger partial charge in [-0.15, -0.1) is 0 Å². The lowest BCUT2D eigenvalue weighted by Crippen LogP contribution is -2.37. The van der Waals surface area contributed by atoms with Crippen LogP contribution >= 0.6 is 0 Å². The molecule has 0 aliphatic carbocycles. The second-order valence-corrected chi connectivity index (χ2v) is 5.22. The fourth-order valence-electron chi connectivity index (χ4n) is 2.33.